The fourth-order valence-electron chi connectivity index (χ4n) is 3.87. The molecule has 0 aliphatic heterocycles. The number of alkyl halides is 7. The topological polar surface area (TPSA) is 135 Å². The highest BCUT2D eigenvalue weighted by atomic mass is 19.4. The lowest BCUT2D eigenvalue weighted by atomic mass is 10.1. The highest BCUT2D eigenvalue weighted by molar-refractivity contribution is 5.92. The van der Waals surface area contributed by atoms with E-state index in [2.05, 4.69) is 36.0 Å². The van der Waals surface area contributed by atoms with Crippen molar-refractivity contribution < 1.29 is 40.3 Å². The zero-order valence-corrected chi connectivity index (χ0v) is 21.9. The molecule has 2 amide bonds. The van der Waals surface area contributed by atoms with Crippen molar-refractivity contribution in [1.82, 2.24) is 45.6 Å². The molecular formula is C25H22F7N9O2. The highest BCUT2D eigenvalue weighted by Gasteiger charge is 2.32. The van der Waals surface area contributed by atoms with E-state index in [9.17, 15) is 35.9 Å². The molecule has 0 fully saturated rings. The summed E-state index contributed by atoms with van der Waals surface area (Å²) in [6, 6.07) is 5.95. The fourth-order valence-corrected chi connectivity index (χ4v) is 3.87. The smallest absolute Gasteiger partial charge is 0.347 e. The van der Waals surface area contributed by atoms with E-state index in [1.54, 1.807) is 0 Å². The van der Waals surface area contributed by atoms with Crippen LogP contribution in [0.5, 0.6) is 0 Å². The van der Waals surface area contributed by atoms with Gasteiger partial charge in [-0.2, -0.15) is 26.3 Å². The molecule has 0 radical (unpaired) electrons. The third kappa shape index (κ3) is 8.55. The lowest BCUT2D eigenvalue weighted by Crippen LogP contribution is -2.36. The van der Waals surface area contributed by atoms with Gasteiger partial charge in [-0.3, -0.25) is 24.4 Å². The van der Waals surface area contributed by atoms with Crippen molar-refractivity contribution in [1.29, 1.82) is 0 Å². The first kappa shape index (κ1) is 31.0. The maximum Gasteiger partial charge on any atom is 0.416 e. The minimum Gasteiger partial charge on any atom is -0.347 e. The number of hydrogen-bond acceptors (Lipinski definition) is 7. The van der Waals surface area contributed by atoms with Crippen LogP contribution in [0.2, 0.25) is 0 Å². The lowest BCUT2D eigenvalue weighted by Gasteiger charge is -2.23. The molecule has 228 valence electrons. The van der Waals surface area contributed by atoms with Crippen LogP contribution >= 0.6 is 0 Å². The zero-order chi connectivity index (χ0) is 31.2. The molecule has 43 heavy (non-hydrogen) atoms. The van der Waals surface area contributed by atoms with Gasteiger partial charge >= 0.3 is 12.4 Å². The third-order valence-corrected chi connectivity index (χ3v) is 5.99. The van der Waals surface area contributed by atoms with Crippen molar-refractivity contribution in [3.05, 3.63) is 88.8 Å². The van der Waals surface area contributed by atoms with Crippen molar-refractivity contribution in [2.75, 3.05) is 6.54 Å². The minimum absolute atomic E-state index is 0.0944. The Bertz CT molecular complexity index is 1540. The van der Waals surface area contributed by atoms with E-state index in [4.69, 9.17) is 0 Å². The van der Waals surface area contributed by atoms with Gasteiger partial charge in [-0.1, -0.05) is 22.6 Å². The Balaban J connectivity index is 1.35. The van der Waals surface area contributed by atoms with Crippen LogP contribution in [-0.2, 0) is 32.0 Å². The van der Waals surface area contributed by atoms with Gasteiger partial charge in [0.15, 0.2) is 11.4 Å². The van der Waals surface area contributed by atoms with Gasteiger partial charge in [0.25, 0.3) is 11.8 Å². The number of carbonyl (C=O) groups excluding carboxylic acids is 2. The number of aromatic nitrogens is 7. The maximum absolute atomic E-state index is 15.0. The average molecular weight is 613 g/mol. The summed E-state index contributed by atoms with van der Waals surface area (Å²) in [5.41, 5.74) is -2.11. The number of pyridine rings is 1. The van der Waals surface area contributed by atoms with Crippen molar-refractivity contribution in [3.63, 3.8) is 0 Å². The van der Waals surface area contributed by atoms with Crippen LogP contribution in [-0.4, -0.2) is 64.8 Å². The molecule has 1 atom stereocenters. The number of carbonyl (C=O) groups is 2. The number of hydrogen-bond donors (Lipinski definition) is 2. The molecule has 1 aromatic carbocycles. The molecule has 11 nitrogen and oxygen atoms in total. The van der Waals surface area contributed by atoms with Crippen LogP contribution in [0.15, 0.2) is 55.0 Å². The number of nitrogens with zero attached hydrogens (tertiary/aromatic N) is 7. The van der Waals surface area contributed by atoms with E-state index in [1.807, 2.05) is 0 Å². The quantitative estimate of drug-likeness (QED) is 0.246. The van der Waals surface area contributed by atoms with Crippen molar-refractivity contribution in [2.24, 2.45) is 0 Å². The number of aromatic amines is 1. The first-order valence-corrected chi connectivity index (χ1v) is 12.5. The van der Waals surface area contributed by atoms with E-state index in [0.717, 1.165) is 46.2 Å². The number of nitrogens with one attached hydrogen (secondary N) is 2. The number of rotatable bonds is 11. The Morgan fingerprint density at radius 1 is 1.00 bits per heavy atom. The minimum atomic E-state index is -4.65. The number of H-pyrrole nitrogens is 1. The number of halogens is 7. The molecule has 3 aromatic heterocycles. The van der Waals surface area contributed by atoms with E-state index in [1.165, 1.54) is 18.3 Å². The number of benzene rings is 1. The maximum atomic E-state index is 15.0. The first-order valence-electron chi connectivity index (χ1n) is 12.5. The van der Waals surface area contributed by atoms with Gasteiger partial charge in [-0.05, 0) is 36.2 Å². The van der Waals surface area contributed by atoms with Crippen LogP contribution < -0.4 is 5.32 Å². The van der Waals surface area contributed by atoms with E-state index < -0.39 is 54.6 Å². The Labute approximate surface area is 238 Å². The predicted octanol–water partition coefficient (Wildman–Crippen LogP) is 3.83. The van der Waals surface area contributed by atoms with Crippen molar-refractivity contribution in [2.45, 2.75) is 44.6 Å². The van der Waals surface area contributed by atoms with Crippen LogP contribution in [0.1, 0.15) is 49.8 Å². The second kappa shape index (κ2) is 13.0. The summed E-state index contributed by atoms with van der Waals surface area (Å²) >= 11 is 0. The second-order valence-corrected chi connectivity index (χ2v) is 9.21. The van der Waals surface area contributed by atoms with Gasteiger partial charge < -0.3 is 10.2 Å². The Morgan fingerprint density at radius 3 is 2.44 bits per heavy atom. The van der Waals surface area contributed by atoms with Crippen LogP contribution in [0.25, 0.3) is 0 Å². The fraction of sp³-hybridized carbons (Fsp3) is 0.320. The second-order valence-electron chi connectivity index (χ2n) is 9.21. The molecule has 0 bridgehead atoms. The molecule has 18 heteroatoms. The molecule has 0 saturated carbocycles. The summed E-state index contributed by atoms with van der Waals surface area (Å²) < 4.78 is 94.2. The van der Waals surface area contributed by atoms with Gasteiger partial charge in [0.2, 0.25) is 0 Å². The van der Waals surface area contributed by atoms with Crippen molar-refractivity contribution in [3.8, 4) is 0 Å². The molecule has 3 heterocycles. The van der Waals surface area contributed by atoms with E-state index >= 15 is 4.39 Å². The molecule has 2 N–H and O–H groups in total. The number of aryl methyl sites for hydroxylation is 1. The highest BCUT2D eigenvalue weighted by Crippen LogP contribution is 2.30. The molecule has 4 rings (SSSR count). The molecule has 4 aromatic rings. The molecule has 0 aliphatic rings. The average Bonchev–Trinajstić information content (AvgIpc) is 3.67. The normalized spacial score (nSPS) is 12.6. The molecule has 0 spiro atoms. The summed E-state index contributed by atoms with van der Waals surface area (Å²) in [4.78, 5) is 30.1. The van der Waals surface area contributed by atoms with Crippen LogP contribution in [0, 0.1) is 0 Å². The third-order valence-electron chi connectivity index (χ3n) is 5.99. The Hall–Kier alpha value is -4.90. The summed E-state index contributed by atoms with van der Waals surface area (Å²) in [6.07, 6.45) is -7.81. The summed E-state index contributed by atoms with van der Waals surface area (Å²) in [6.45, 7) is -1.29. The molecular weight excluding hydrogens is 591 g/mol. The summed E-state index contributed by atoms with van der Waals surface area (Å²) in [7, 11) is 0. The zero-order valence-electron chi connectivity index (χ0n) is 21.9. The van der Waals surface area contributed by atoms with E-state index in [0.29, 0.717) is 0 Å². The molecule has 0 aliphatic carbocycles. The van der Waals surface area contributed by atoms with Crippen molar-refractivity contribution >= 4 is 11.8 Å². The predicted molar refractivity (Wildman–Crippen MR) is 133 cm³/mol. The molecule has 0 saturated heterocycles. The van der Waals surface area contributed by atoms with Crippen LogP contribution in [0.4, 0.5) is 30.7 Å². The van der Waals surface area contributed by atoms with Gasteiger partial charge in [-0.15, -0.1) is 10.2 Å². The number of amides is 2. The monoisotopic (exact) mass is 613 g/mol. The Kier molecular flexibility index (Phi) is 9.35. The summed E-state index contributed by atoms with van der Waals surface area (Å²) in [5.74, 6) is -1.52. The molecule has 1 unspecified atom stereocenters. The Morgan fingerprint density at radius 2 is 1.74 bits per heavy atom. The standard InChI is InChI=1S/C25H22F7N9O2/c26-18(12-40(23(43)20-11-35-38-36-20)13-19-9-17(4-6-33-19)25(30,31)32)5-7-41-14-21(37-39-41)22(42)34-10-15-2-1-3-16(8-15)24(27,28)29/h1-4,6,8-9,11,14,18H,5,7,10,12-13H2,(H,34,42)(H,35,36,38). The first-order chi connectivity index (χ1) is 20.3. The van der Waals surface area contributed by atoms with Crippen LogP contribution in [0.3, 0.4) is 0 Å². The summed E-state index contributed by atoms with van der Waals surface area (Å²) in [5, 5.41) is 19.2. The van der Waals surface area contributed by atoms with Gasteiger partial charge in [0.1, 0.15) is 6.17 Å². The van der Waals surface area contributed by atoms with Gasteiger partial charge in [0.05, 0.1) is 42.3 Å². The van der Waals surface area contributed by atoms with Gasteiger partial charge in [0, 0.05) is 19.3 Å². The lowest BCUT2D eigenvalue weighted by molar-refractivity contribution is -0.138. The SMILES string of the molecule is O=C(NCc1cccc(C(F)(F)F)c1)c1cn(CCC(F)CN(Cc2cc(C(F)(F)F)ccn2)C(=O)c2c[nH]nn2)nn1. The van der Waals surface area contributed by atoms with Gasteiger partial charge in [-0.25, -0.2) is 4.39 Å². The van der Waals surface area contributed by atoms with E-state index in [-0.39, 0.29) is 42.2 Å². The largest absolute Gasteiger partial charge is 0.416 e.